The minimum Gasteiger partial charge on any atom is -0.488 e. The van der Waals surface area contributed by atoms with Crippen LogP contribution in [0.5, 0.6) is 5.75 Å². The van der Waals surface area contributed by atoms with Crippen molar-refractivity contribution in [1.29, 1.82) is 5.26 Å². The van der Waals surface area contributed by atoms with Crippen LogP contribution in [0.2, 0.25) is 5.02 Å². The summed E-state index contributed by atoms with van der Waals surface area (Å²) in [5.74, 6) is 0.0592. The van der Waals surface area contributed by atoms with Crippen molar-refractivity contribution in [3.8, 4) is 11.8 Å². The van der Waals surface area contributed by atoms with Gasteiger partial charge < -0.3 is 4.74 Å². The predicted molar refractivity (Wildman–Crippen MR) is 113 cm³/mol. The van der Waals surface area contributed by atoms with Crippen LogP contribution >= 0.6 is 11.6 Å². The molecule has 0 heterocycles. The van der Waals surface area contributed by atoms with Crippen LogP contribution in [0.1, 0.15) is 34.0 Å². The maximum absolute atomic E-state index is 12.6. The van der Waals surface area contributed by atoms with Crippen LogP contribution < -0.4 is 10.2 Å². The van der Waals surface area contributed by atoms with E-state index in [2.05, 4.69) is 16.6 Å². The van der Waals surface area contributed by atoms with E-state index in [4.69, 9.17) is 21.6 Å². The number of halogens is 1. The summed E-state index contributed by atoms with van der Waals surface area (Å²) in [7, 11) is 0. The van der Waals surface area contributed by atoms with E-state index in [1.165, 1.54) is 0 Å². The molecule has 1 amide bonds. The van der Waals surface area contributed by atoms with Crippen molar-refractivity contribution in [2.75, 3.05) is 0 Å². The van der Waals surface area contributed by atoms with E-state index >= 15 is 0 Å². The average Bonchev–Trinajstić information content (AvgIpc) is 2.77. The van der Waals surface area contributed by atoms with Crippen molar-refractivity contribution in [2.45, 2.75) is 13.5 Å². The van der Waals surface area contributed by atoms with Crippen molar-refractivity contribution in [3.63, 3.8) is 0 Å². The number of carbonyl (C=O) groups is 1. The molecule has 6 heteroatoms. The number of hydrazone groups is 1. The number of carbonyl (C=O) groups excluding carboxylic acids is 1. The number of nitriles is 1. The van der Waals surface area contributed by atoms with Gasteiger partial charge in [-0.05, 0) is 42.8 Å². The highest BCUT2D eigenvalue weighted by atomic mass is 35.5. The van der Waals surface area contributed by atoms with Crippen LogP contribution in [0, 0.1) is 11.3 Å². The number of nitrogens with one attached hydrogen (secondary N) is 1. The van der Waals surface area contributed by atoms with Crippen LogP contribution in [0.15, 0.2) is 77.9 Å². The Hall–Kier alpha value is -3.62. The zero-order valence-corrected chi connectivity index (χ0v) is 16.5. The monoisotopic (exact) mass is 403 g/mol. The first-order chi connectivity index (χ1) is 14.1. The van der Waals surface area contributed by atoms with Crippen molar-refractivity contribution >= 4 is 23.2 Å². The van der Waals surface area contributed by atoms with Crippen molar-refractivity contribution in [2.24, 2.45) is 5.10 Å². The molecule has 0 radical (unpaired) electrons. The van der Waals surface area contributed by atoms with Crippen molar-refractivity contribution < 1.29 is 9.53 Å². The maximum atomic E-state index is 12.6. The highest BCUT2D eigenvalue weighted by Crippen LogP contribution is 2.22. The standard InChI is InChI=1S/C23H18ClN3O2/c1-16(18-12-10-17(14-25)11-13-18)26-27-23(28)20-7-3-5-9-22(20)29-15-19-6-2-4-8-21(19)24/h2-13H,15H2,1H3,(H,27,28)/b26-16-. The molecule has 0 fully saturated rings. The largest absolute Gasteiger partial charge is 0.488 e. The van der Waals surface area contributed by atoms with Crippen LogP contribution in [0.4, 0.5) is 0 Å². The maximum Gasteiger partial charge on any atom is 0.275 e. The summed E-state index contributed by atoms with van der Waals surface area (Å²) >= 11 is 6.16. The normalized spacial score (nSPS) is 10.9. The van der Waals surface area contributed by atoms with E-state index in [9.17, 15) is 4.79 Å². The predicted octanol–water partition coefficient (Wildman–Crippen LogP) is 4.94. The fraction of sp³-hybridized carbons (Fsp3) is 0.0870. The molecule has 0 aliphatic carbocycles. The van der Waals surface area contributed by atoms with Crippen LogP contribution in [-0.4, -0.2) is 11.6 Å². The second-order valence-corrected chi connectivity index (χ2v) is 6.61. The first-order valence-electron chi connectivity index (χ1n) is 8.89. The van der Waals surface area contributed by atoms with E-state index in [1.807, 2.05) is 18.2 Å². The Kier molecular flexibility index (Phi) is 6.62. The van der Waals surface area contributed by atoms with Crippen molar-refractivity contribution in [3.05, 3.63) is 100 Å². The number of para-hydroxylation sites is 1. The molecular weight excluding hydrogens is 386 g/mol. The zero-order valence-electron chi connectivity index (χ0n) is 15.7. The molecular formula is C23H18ClN3O2. The zero-order chi connectivity index (χ0) is 20.6. The summed E-state index contributed by atoms with van der Waals surface area (Å²) in [5.41, 5.74) is 5.76. The van der Waals surface area contributed by atoms with E-state index in [0.717, 1.165) is 11.1 Å². The minimum absolute atomic E-state index is 0.248. The first kappa shape index (κ1) is 20.1. The lowest BCUT2D eigenvalue weighted by Gasteiger charge is -2.11. The van der Waals surface area contributed by atoms with Gasteiger partial charge in [0.25, 0.3) is 5.91 Å². The van der Waals surface area contributed by atoms with Crippen molar-refractivity contribution in [1.82, 2.24) is 5.43 Å². The van der Waals surface area contributed by atoms with Crippen LogP contribution in [-0.2, 0) is 6.61 Å². The molecule has 0 aliphatic heterocycles. The molecule has 0 aromatic heterocycles. The number of hydrogen-bond donors (Lipinski definition) is 1. The van der Waals surface area contributed by atoms with Gasteiger partial charge in [0.1, 0.15) is 12.4 Å². The van der Waals surface area contributed by atoms with E-state index in [1.54, 1.807) is 61.5 Å². The fourth-order valence-electron chi connectivity index (χ4n) is 2.60. The number of amides is 1. The minimum atomic E-state index is -0.382. The molecule has 3 aromatic carbocycles. The number of rotatable bonds is 6. The highest BCUT2D eigenvalue weighted by Gasteiger charge is 2.12. The third kappa shape index (κ3) is 5.22. The molecule has 0 bridgehead atoms. The molecule has 3 rings (SSSR count). The SMILES string of the molecule is C/C(=N/NC(=O)c1ccccc1OCc1ccccc1Cl)c1ccc(C#N)cc1. The Balaban J connectivity index is 1.70. The Labute approximate surface area is 174 Å². The molecule has 3 aromatic rings. The molecule has 0 atom stereocenters. The van der Waals surface area contributed by atoms with Gasteiger partial charge in [0.05, 0.1) is 22.9 Å². The van der Waals surface area contributed by atoms with Gasteiger partial charge >= 0.3 is 0 Å². The van der Waals surface area contributed by atoms with E-state index in [0.29, 0.717) is 27.6 Å². The summed E-state index contributed by atoms with van der Waals surface area (Å²) in [4.78, 5) is 12.6. The van der Waals surface area contributed by atoms with Gasteiger partial charge in [0.2, 0.25) is 0 Å². The molecule has 0 saturated carbocycles. The fourth-order valence-corrected chi connectivity index (χ4v) is 2.79. The Morgan fingerprint density at radius 3 is 2.48 bits per heavy atom. The molecule has 144 valence electrons. The van der Waals surface area contributed by atoms with Gasteiger partial charge in [-0.1, -0.05) is 54.1 Å². The second-order valence-electron chi connectivity index (χ2n) is 6.20. The van der Waals surface area contributed by atoms with Gasteiger partial charge in [0.15, 0.2) is 0 Å². The number of ether oxygens (including phenoxy) is 1. The third-order valence-corrected chi connectivity index (χ3v) is 4.60. The topological polar surface area (TPSA) is 74.5 Å². The second kappa shape index (κ2) is 9.54. The Bertz CT molecular complexity index is 1090. The van der Waals surface area contributed by atoms with Gasteiger partial charge in [-0.2, -0.15) is 10.4 Å². The molecule has 0 saturated heterocycles. The smallest absolute Gasteiger partial charge is 0.275 e. The van der Waals surface area contributed by atoms with E-state index in [-0.39, 0.29) is 12.5 Å². The Morgan fingerprint density at radius 1 is 1.07 bits per heavy atom. The summed E-state index contributed by atoms with van der Waals surface area (Å²) in [5, 5.41) is 13.6. The van der Waals surface area contributed by atoms with Gasteiger partial charge in [-0.25, -0.2) is 5.43 Å². The number of nitrogens with zero attached hydrogens (tertiary/aromatic N) is 2. The lowest BCUT2D eigenvalue weighted by molar-refractivity contribution is 0.0950. The molecule has 0 spiro atoms. The van der Waals surface area contributed by atoms with Crippen LogP contribution in [0.25, 0.3) is 0 Å². The number of benzene rings is 3. The van der Waals surface area contributed by atoms with E-state index < -0.39 is 0 Å². The summed E-state index contributed by atoms with van der Waals surface area (Å²) in [6.45, 7) is 2.03. The quantitative estimate of drug-likeness (QED) is 0.467. The number of hydrogen-bond acceptors (Lipinski definition) is 4. The Morgan fingerprint density at radius 2 is 1.76 bits per heavy atom. The van der Waals surface area contributed by atoms with Gasteiger partial charge in [-0.3, -0.25) is 4.79 Å². The highest BCUT2D eigenvalue weighted by molar-refractivity contribution is 6.31. The molecule has 0 unspecified atom stereocenters. The lowest BCUT2D eigenvalue weighted by Crippen LogP contribution is -2.20. The summed E-state index contributed by atoms with van der Waals surface area (Å²) < 4.78 is 5.82. The van der Waals surface area contributed by atoms with Gasteiger partial charge in [-0.15, -0.1) is 0 Å². The average molecular weight is 404 g/mol. The molecule has 1 N–H and O–H groups in total. The first-order valence-corrected chi connectivity index (χ1v) is 9.26. The molecule has 29 heavy (non-hydrogen) atoms. The third-order valence-electron chi connectivity index (χ3n) is 4.23. The molecule has 5 nitrogen and oxygen atoms in total. The lowest BCUT2D eigenvalue weighted by atomic mass is 10.1. The van der Waals surface area contributed by atoms with Crippen LogP contribution in [0.3, 0.4) is 0 Å². The summed E-state index contributed by atoms with van der Waals surface area (Å²) in [6, 6.07) is 23.4. The molecule has 0 aliphatic rings. The van der Waals surface area contributed by atoms with Gasteiger partial charge in [0, 0.05) is 10.6 Å². The summed E-state index contributed by atoms with van der Waals surface area (Å²) in [6.07, 6.45) is 0.